The molecule has 7 nitrogen and oxygen atoms in total. The lowest BCUT2D eigenvalue weighted by molar-refractivity contribution is -0.124. The first-order chi connectivity index (χ1) is 11.8. The zero-order valence-corrected chi connectivity index (χ0v) is 14.8. The number of phenols is 1. The van der Waals surface area contributed by atoms with Crippen molar-refractivity contribution in [3.63, 3.8) is 0 Å². The molecule has 0 unspecified atom stereocenters. The van der Waals surface area contributed by atoms with Gasteiger partial charge >= 0.3 is 6.09 Å². The number of ether oxygens (including phenoxy) is 1. The normalized spacial score (nSPS) is 16.4. The minimum atomic E-state index is -0.911. The highest BCUT2D eigenvalue weighted by Gasteiger charge is 2.31. The summed E-state index contributed by atoms with van der Waals surface area (Å²) in [5.74, 6) is 0.00999. The molecule has 1 aromatic rings. The molecule has 138 valence electrons. The molecule has 0 aliphatic carbocycles. The zero-order valence-electron chi connectivity index (χ0n) is 14.8. The van der Waals surface area contributed by atoms with Crippen LogP contribution < -0.4 is 11.1 Å². The van der Waals surface area contributed by atoms with Gasteiger partial charge in [0.25, 0.3) is 0 Å². The Bertz CT molecular complexity index is 595. The third-order valence-corrected chi connectivity index (χ3v) is 4.14. The highest BCUT2D eigenvalue weighted by atomic mass is 16.6. The molecule has 1 fully saturated rings. The Morgan fingerprint density at radius 3 is 2.48 bits per heavy atom. The molecule has 7 heteroatoms. The first-order valence-corrected chi connectivity index (χ1v) is 8.52. The second-order valence-electron chi connectivity index (χ2n) is 6.98. The molecular formula is C18H27N3O4. The van der Waals surface area contributed by atoms with Crippen molar-refractivity contribution in [2.75, 3.05) is 26.2 Å². The van der Waals surface area contributed by atoms with E-state index in [-0.39, 0.29) is 18.0 Å². The van der Waals surface area contributed by atoms with Crippen LogP contribution >= 0.6 is 0 Å². The molecule has 0 radical (unpaired) electrons. The van der Waals surface area contributed by atoms with Crippen LogP contribution in [0.3, 0.4) is 0 Å². The molecule has 0 saturated carbocycles. The average Bonchev–Trinajstić information content (AvgIpc) is 2.56. The van der Waals surface area contributed by atoms with Crippen LogP contribution in [0.15, 0.2) is 24.3 Å². The molecule has 1 heterocycles. The van der Waals surface area contributed by atoms with Crippen LogP contribution in [0, 0.1) is 0 Å². The molecule has 1 amide bonds. The second kappa shape index (κ2) is 8.31. The fourth-order valence-electron chi connectivity index (χ4n) is 2.73. The van der Waals surface area contributed by atoms with Gasteiger partial charge in [0.1, 0.15) is 11.4 Å². The Hall–Kier alpha value is -2.12. The number of nitrogens with one attached hydrogen (secondary N) is 1. The van der Waals surface area contributed by atoms with E-state index in [1.54, 1.807) is 43.0 Å². The van der Waals surface area contributed by atoms with Gasteiger partial charge in [-0.25, -0.2) is 4.79 Å². The minimum Gasteiger partial charge on any atom is -0.508 e. The van der Waals surface area contributed by atoms with Gasteiger partial charge in [0.15, 0.2) is 5.78 Å². The molecule has 1 aromatic carbocycles. The topological polar surface area (TPSA) is 105 Å². The van der Waals surface area contributed by atoms with Gasteiger partial charge in [-0.15, -0.1) is 0 Å². The summed E-state index contributed by atoms with van der Waals surface area (Å²) in [7, 11) is 0. The number of carbonyl (C=O) groups excluding carboxylic acids is 2. The summed E-state index contributed by atoms with van der Waals surface area (Å²) in [4.78, 5) is 26.2. The predicted octanol–water partition coefficient (Wildman–Crippen LogP) is 1.04. The predicted molar refractivity (Wildman–Crippen MR) is 94.4 cm³/mol. The van der Waals surface area contributed by atoms with E-state index in [0.717, 1.165) is 18.7 Å². The SMILES string of the molecule is CC(C)(CC(=O)[C@@H](N)Cc1ccc(O)cc1)OC(=O)N1CCNCC1. The Balaban J connectivity index is 1.86. The third kappa shape index (κ3) is 6.03. The van der Waals surface area contributed by atoms with Gasteiger partial charge in [0.2, 0.25) is 0 Å². The fourth-order valence-corrected chi connectivity index (χ4v) is 2.73. The van der Waals surface area contributed by atoms with Crippen molar-refractivity contribution >= 4 is 11.9 Å². The van der Waals surface area contributed by atoms with Crippen LogP contribution in [0.1, 0.15) is 25.8 Å². The van der Waals surface area contributed by atoms with E-state index < -0.39 is 17.7 Å². The maximum atomic E-state index is 12.4. The van der Waals surface area contributed by atoms with E-state index in [2.05, 4.69) is 5.32 Å². The number of nitrogens with zero attached hydrogens (tertiary/aromatic N) is 1. The summed E-state index contributed by atoms with van der Waals surface area (Å²) in [6, 6.07) is 5.91. The summed E-state index contributed by atoms with van der Waals surface area (Å²) >= 11 is 0. The zero-order chi connectivity index (χ0) is 18.4. The summed E-state index contributed by atoms with van der Waals surface area (Å²) in [6.45, 7) is 6.13. The first-order valence-electron chi connectivity index (χ1n) is 8.52. The molecule has 1 aliphatic heterocycles. The number of benzene rings is 1. The average molecular weight is 349 g/mol. The van der Waals surface area contributed by atoms with E-state index in [4.69, 9.17) is 10.5 Å². The number of hydrogen-bond acceptors (Lipinski definition) is 6. The summed E-state index contributed by atoms with van der Waals surface area (Å²) in [6.07, 6.45) is 0.0387. The van der Waals surface area contributed by atoms with Crippen LogP contribution in [-0.4, -0.2) is 59.7 Å². The number of carbonyl (C=O) groups is 2. The number of piperazine rings is 1. The number of amides is 1. The highest BCUT2D eigenvalue weighted by molar-refractivity contribution is 5.85. The van der Waals surface area contributed by atoms with Crippen molar-refractivity contribution in [1.29, 1.82) is 0 Å². The van der Waals surface area contributed by atoms with Gasteiger partial charge in [-0.1, -0.05) is 12.1 Å². The summed E-state index contributed by atoms with van der Waals surface area (Å²) < 4.78 is 5.51. The maximum absolute atomic E-state index is 12.4. The summed E-state index contributed by atoms with van der Waals surface area (Å²) in [5.41, 5.74) is 5.96. The van der Waals surface area contributed by atoms with Crippen LogP contribution in [0.5, 0.6) is 5.75 Å². The van der Waals surface area contributed by atoms with Crippen molar-refractivity contribution < 1.29 is 19.4 Å². The van der Waals surface area contributed by atoms with Crippen molar-refractivity contribution in [1.82, 2.24) is 10.2 Å². The molecule has 0 aromatic heterocycles. The Kier molecular flexibility index (Phi) is 6.39. The maximum Gasteiger partial charge on any atom is 0.410 e. The second-order valence-corrected chi connectivity index (χ2v) is 6.98. The van der Waals surface area contributed by atoms with Crippen molar-refractivity contribution in [3.05, 3.63) is 29.8 Å². The van der Waals surface area contributed by atoms with Crippen LogP contribution in [-0.2, 0) is 16.0 Å². The summed E-state index contributed by atoms with van der Waals surface area (Å²) in [5, 5.41) is 12.5. The van der Waals surface area contributed by atoms with Gasteiger partial charge in [-0.3, -0.25) is 4.79 Å². The number of aromatic hydroxyl groups is 1. The Morgan fingerprint density at radius 1 is 1.28 bits per heavy atom. The third-order valence-electron chi connectivity index (χ3n) is 4.14. The minimum absolute atomic E-state index is 0.0596. The van der Waals surface area contributed by atoms with Gasteiger partial charge in [0.05, 0.1) is 6.04 Å². The molecule has 0 spiro atoms. The lowest BCUT2D eigenvalue weighted by Crippen LogP contribution is -2.49. The number of nitrogens with two attached hydrogens (primary N) is 1. The van der Waals surface area contributed by atoms with Gasteiger partial charge < -0.3 is 25.8 Å². The van der Waals surface area contributed by atoms with Gasteiger partial charge in [0, 0.05) is 32.6 Å². The van der Waals surface area contributed by atoms with E-state index >= 15 is 0 Å². The van der Waals surface area contributed by atoms with Crippen molar-refractivity contribution in [2.45, 2.75) is 38.3 Å². The molecular weight excluding hydrogens is 322 g/mol. The van der Waals surface area contributed by atoms with Gasteiger partial charge in [-0.2, -0.15) is 0 Å². The lowest BCUT2D eigenvalue weighted by Gasteiger charge is -2.32. The van der Waals surface area contributed by atoms with Crippen molar-refractivity contribution in [3.8, 4) is 5.75 Å². The standard InChI is InChI=1S/C18H27N3O4/c1-18(2,25-17(24)21-9-7-20-8-10-21)12-16(23)15(19)11-13-3-5-14(22)6-4-13/h3-6,15,20,22H,7-12,19H2,1-2H3/t15-/m0/s1. The highest BCUT2D eigenvalue weighted by Crippen LogP contribution is 2.19. The van der Waals surface area contributed by atoms with E-state index in [0.29, 0.717) is 19.5 Å². The van der Waals surface area contributed by atoms with Crippen LogP contribution in [0.2, 0.25) is 0 Å². The number of hydrogen-bond donors (Lipinski definition) is 3. The number of Topliss-reactive ketones (excluding diaryl/α,β-unsaturated/α-hetero) is 1. The lowest BCUT2D eigenvalue weighted by atomic mass is 9.94. The van der Waals surface area contributed by atoms with Crippen molar-refractivity contribution in [2.24, 2.45) is 5.73 Å². The molecule has 2 rings (SSSR count). The van der Waals surface area contributed by atoms with E-state index in [1.165, 1.54) is 0 Å². The fraction of sp³-hybridized carbons (Fsp3) is 0.556. The smallest absolute Gasteiger partial charge is 0.410 e. The Labute approximate surface area is 148 Å². The monoisotopic (exact) mass is 349 g/mol. The number of phenolic OH excluding ortho intramolecular Hbond substituents is 1. The van der Waals surface area contributed by atoms with E-state index in [9.17, 15) is 14.7 Å². The number of rotatable bonds is 6. The molecule has 4 N–H and O–H groups in total. The van der Waals surface area contributed by atoms with E-state index in [1.807, 2.05) is 0 Å². The molecule has 25 heavy (non-hydrogen) atoms. The molecule has 0 bridgehead atoms. The van der Waals surface area contributed by atoms with Gasteiger partial charge in [-0.05, 0) is 38.0 Å². The number of ketones is 1. The quantitative estimate of drug-likeness (QED) is 0.709. The van der Waals surface area contributed by atoms with Crippen LogP contribution in [0.25, 0.3) is 0 Å². The first kappa shape index (κ1) is 19.2. The largest absolute Gasteiger partial charge is 0.508 e. The molecule has 1 aliphatic rings. The molecule has 1 saturated heterocycles. The Morgan fingerprint density at radius 2 is 1.88 bits per heavy atom. The molecule has 1 atom stereocenters. The van der Waals surface area contributed by atoms with Crippen LogP contribution in [0.4, 0.5) is 4.79 Å².